The molecule has 1 heterocycles. The second kappa shape index (κ2) is 7.29. The van der Waals surface area contributed by atoms with Crippen molar-refractivity contribution in [2.45, 2.75) is 12.1 Å². The third kappa shape index (κ3) is 4.03. The lowest BCUT2D eigenvalue weighted by Gasteiger charge is -2.21. The fourth-order valence-corrected chi connectivity index (χ4v) is 2.79. The fraction of sp³-hybridized carbons (Fsp3) is 0.176. The van der Waals surface area contributed by atoms with E-state index in [9.17, 15) is 14.0 Å². The smallest absolute Gasteiger partial charge is 0.408 e. The summed E-state index contributed by atoms with van der Waals surface area (Å²) >= 11 is 11.8. The maximum atomic E-state index is 13.5. The monoisotopic (exact) mass is 382 g/mol. The number of nitrogens with one attached hydrogen (secondary N) is 2. The summed E-state index contributed by atoms with van der Waals surface area (Å²) in [6, 6.07) is 10.4. The Labute approximate surface area is 153 Å². The van der Waals surface area contributed by atoms with Gasteiger partial charge in [-0.15, -0.1) is 0 Å². The Morgan fingerprint density at radius 1 is 1.20 bits per heavy atom. The molecule has 1 unspecified atom stereocenters. The van der Waals surface area contributed by atoms with Gasteiger partial charge in [-0.25, -0.2) is 9.18 Å². The first-order valence-electron chi connectivity index (χ1n) is 7.39. The van der Waals surface area contributed by atoms with E-state index in [1.807, 2.05) is 0 Å². The molecule has 25 heavy (non-hydrogen) atoms. The molecule has 2 aromatic carbocycles. The highest BCUT2D eigenvalue weighted by Gasteiger charge is 2.31. The molecule has 2 N–H and O–H groups in total. The molecule has 2 aromatic rings. The average molecular weight is 383 g/mol. The minimum Gasteiger partial charge on any atom is -0.434 e. The number of hydrogen-bond acceptors (Lipinski definition) is 3. The van der Waals surface area contributed by atoms with Crippen LogP contribution in [0.25, 0.3) is 0 Å². The van der Waals surface area contributed by atoms with Gasteiger partial charge in [0.2, 0.25) is 0 Å². The molecule has 5 nitrogen and oxygen atoms in total. The zero-order valence-corrected chi connectivity index (χ0v) is 14.3. The third-order valence-electron chi connectivity index (χ3n) is 3.74. The average Bonchev–Trinajstić information content (AvgIpc) is 3.03. The van der Waals surface area contributed by atoms with Gasteiger partial charge >= 0.3 is 6.09 Å². The number of hydrogen-bond donors (Lipinski definition) is 2. The number of halogens is 3. The molecule has 0 aliphatic carbocycles. The number of carbonyl (C=O) groups excluding carboxylic acids is 2. The first-order valence-corrected chi connectivity index (χ1v) is 8.15. The molecule has 1 aliphatic rings. The summed E-state index contributed by atoms with van der Waals surface area (Å²) in [5, 5.41) is 5.70. The number of ether oxygens (including phenoxy) is 1. The van der Waals surface area contributed by atoms with Crippen LogP contribution in [0.2, 0.25) is 10.0 Å². The third-order valence-corrected chi connectivity index (χ3v) is 4.28. The van der Waals surface area contributed by atoms with E-state index >= 15 is 0 Å². The highest BCUT2D eigenvalue weighted by atomic mass is 35.5. The van der Waals surface area contributed by atoms with Crippen LogP contribution in [0, 0.1) is 5.82 Å². The van der Waals surface area contributed by atoms with E-state index in [1.165, 1.54) is 18.2 Å². The van der Waals surface area contributed by atoms with Gasteiger partial charge in [-0.05, 0) is 35.4 Å². The van der Waals surface area contributed by atoms with Gasteiger partial charge in [0.15, 0.2) is 6.10 Å². The summed E-state index contributed by atoms with van der Waals surface area (Å²) in [4.78, 5) is 23.5. The molecular formula is C17H13Cl2FN2O3. The molecule has 0 saturated carbocycles. The number of alkyl carbamates (subject to hydrolysis) is 1. The van der Waals surface area contributed by atoms with Crippen molar-refractivity contribution in [1.29, 1.82) is 0 Å². The SMILES string of the molecule is O=C1NC[C@@H](C(=O)NC(c2ccc(Cl)cc2)c2ccc(F)c(Cl)c2)O1. The highest BCUT2D eigenvalue weighted by Crippen LogP contribution is 2.27. The molecule has 3 rings (SSSR count). The summed E-state index contributed by atoms with van der Waals surface area (Å²) < 4.78 is 18.4. The normalized spacial score (nSPS) is 17.6. The molecule has 0 bridgehead atoms. The second-order valence-corrected chi connectivity index (χ2v) is 6.29. The Hall–Kier alpha value is -2.31. The van der Waals surface area contributed by atoms with Crippen LogP contribution in [0.1, 0.15) is 17.2 Å². The molecular weight excluding hydrogens is 370 g/mol. The van der Waals surface area contributed by atoms with Gasteiger partial charge in [-0.2, -0.15) is 0 Å². The zero-order valence-electron chi connectivity index (χ0n) is 12.8. The Kier molecular flexibility index (Phi) is 5.11. The van der Waals surface area contributed by atoms with Gasteiger partial charge in [0, 0.05) is 5.02 Å². The van der Waals surface area contributed by atoms with Crippen LogP contribution in [0.3, 0.4) is 0 Å². The van der Waals surface area contributed by atoms with Crippen molar-refractivity contribution in [3.63, 3.8) is 0 Å². The van der Waals surface area contributed by atoms with Gasteiger partial charge in [0.1, 0.15) is 5.82 Å². The van der Waals surface area contributed by atoms with Gasteiger partial charge in [-0.1, -0.05) is 41.4 Å². The molecule has 2 amide bonds. The number of rotatable bonds is 4. The minimum atomic E-state index is -0.932. The maximum absolute atomic E-state index is 13.5. The number of amides is 2. The zero-order chi connectivity index (χ0) is 18.0. The summed E-state index contributed by atoms with van der Waals surface area (Å²) in [7, 11) is 0. The number of cyclic esters (lactones) is 1. The molecule has 1 fully saturated rings. The van der Waals surface area contributed by atoms with Crippen molar-refractivity contribution >= 4 is 35.2 Å². The van der Waals surface area contributed by atoms with Crippen LogP contribution < -0.4 is 10.6 Å². The van der Waals surface area contributed by atoms with E-state index in [2.05, 4.69) is 10.6 Å². The molecule has 1 saturated heterocycles. The van der Waals surface area contributed by atoms with E-state index in [-0.39, 0.29) is 11.6 Å². The van der Waals surface area contributed by atoms with Crippen LogP contribution in [-0.2, 0) is 9.53 Å². The predicted octanol–water partition coefficient (Wildman–Crippen LogP) is 3.45. The van der Waals surface area contributed by atoms with Crippen molar-refractivity contribution in [2.24, 2.45) is 0 Å². The molecule has 0 aromatic heterocycles. The Morgan fingerprint density at radius 2 is 1.88 bits per heavy atom. The Bertz CT molecular complexity index is 814. The van der Waals surface area contributed by atoms with Gasteiger partial charge < -0.3 is 15.4 Å². The van der Waals surface area contributed by atoms with Crippen LogP contribution in [0.5, 0.6) is 0 Å². The lowest BCUT2D eigenvalue weighted by Crippen LogP contribution is -2.39. The topological polar surface area (TPSA) is 67.4 Å². The molecule has 0 radical (unpaired) electrons. The number of carbonyl (C=O) groups is 2. The lowest BCUT2D eigenvalue weighted by molar-refractivity contribution is -0.128. The molecule has 130 valence electrons. The van der Waals surface area contributed by atoms with Gasteiger partial charge in [-0.3, -0.25) is 4.79 Å². The number of benzene rings is 2. The van der Waals surface area contributed by atoms with Crippen molar-refractivity contribution in [2.75, 3.05) is 6.54 Å². The predicted molar refractivity (Wildman–Crippen MR) is 91.1 cm³/mol. The van der Waals surface area contributed by atoms with E-state index in [4.69, 9.17) is 27.9 Å². The van der Waals surface area contributed by atoms with E-state index < -0.39 is 30.0 Å². The van der Waals surface area contributed by atoms with Crippen molar-refractivity contribution in [1.82, 2.24) is 10.6 Å². The summed E-state index contributed by atoms with van der Waals surface area (Å²) in [5.41, 5.74) is 1.30. The first-order chi connectivity index (χ1) is 11.9. The van der Waals surface area contributed by atoms with Gasteiger partial charge in [0.25, 0.3) is 5.91 Å². The summed E-state index contributed by atoms with van der Waals surface area (Å²) in [5.74, 6) is -1.03. The Balaban J connectivity index is 1.91. The Morgan fingerprint density at radius 3 is 2.48 bits per heavy atom. The van der Waals surface area contributed by atoms with Crippen LogP contribution in [0.4, 0.5) is 9.18 Å². The molecule has 2 atom stereocenters. The van der Waals surface area contributed by atoms with Crippen molar-refractivity contribution in [3.8, 4) is 0 Å². The summed E-state index contributed by atoms with van der Waals surface area (Å²) in [6.45, 7) is 0.0855. The van der Waals surface area contributed by atoms with Crippen LogP contribution in [-0.4, -0.2) is 24.6 Å². The van der Waals surface area contributed by atoms with E-state index in [1.54, 1.807) is 24.3 Å². The van der Waals surface area contributed by atoms with E-state index in [0.717, 1.165) is 5.56 Å². The standard InChI is InChI=1S/C17H13Cl2FN2O3/c18-11-4-1-9(2-5-11)15(10-3-6-13(20)12(19)7-10)22-16(23)14-8-21-17(24)25-14/h1-7,14-15H,8H2,(H,21,24)(H,22,23)/t14-,15?/m0/s1. The molecule has 0 spiro atoms. The quantitative estimate of drug-likeness (QED) is 0.850. The highest BCUT2D eigenvalue weighted by molar-refractivity contribution is 6.31. The fourth-order valence-electron chi connectivity index (χ4n) is 2.48. The minimum absolute atomic E-state index is 0.0559. The lowest BCUT2D eigenvalue weighted by atomic mass is 9.98. The van der Waals surface area contributed by atoms with Crippen molar-refractivity contribution in [3.05, 3.63) is 69.5 Å². The second-order valence-electron chi connectivity index (χ2n) is 5.44. The summed E-state index contributed by atoms with van der Waals surface area (Å²) in [6.07, 6.45) is -1.58. The van der Waals surface area contributed by atoms with Crippen LogP contribution in [0.15, 0.2) is 42.5 Å². The maximum Gasteiger partial charge on any atom is 0.408 e. The molecule has 8 heteroatoms. The van der Waals surface area contributed by atoms with E-state index in [0.29, 0.717) is 10.6 Å². The van der Waals surface area contributed by atoms with Gasteiger partial charge in [0.05, 0.1) is 17.6 Å². The largest absolute Gasteiger partial charge is 0.434 e. The van der Waals surface area contributed by atoms with Crippen LogP contribution >= 0.6 is 23.2 Å². The first kappa shape index (κ1) is 17.5. The van der Waals surface area contributed by atoms with Crippen molar-refractivity contribution < 1.29 is 18.7 Å². The molecule has 1 aliphatic heterocycles.